The van der Waals surface area contributed by atoms with Gasteiger partial charge in [-0.05, 0) is 36.2 Å². The molecule has 0 unspecified atom stereocenters. The number of hydrogen-bond acceptors (Lipinski definition) is 4. The normalized spacial score (nSPS) is 10.6. The Morgan fingerprint density at radius 3 is 2.60 bits per heavy atom. The Labute approximate surface area is 119 Å². The molecule has 1 heterocycles. The Hall–Kier alpha value is -2.01. The number of ether oxygens (including phenoxy) is 2. The second-order valence-corrected chi connectivity index (χ2v) is 4.64. The second-order valence-electron chi connectivity index (χ2n) is 4.64. The van der Waals surface area contributed by atoms with E-state index >= 15 is 0 Å². The maximum atomic E-state index is 5.29. The summed E-state index contributed by atoms with van der Waals surface area (Å²) in [6.07, 6.45) is 4.91. The van der Waals surface area contributed by atoms with E-state index in [-0.39, 0.29) is 0 Å². The third-order valence-corrected chi connectivity index (χ3v) is 3.13. The van der Waals surface area contributed by atoms with Crippen LogP contribution in [0.15, 0.2) is 30.6 Å². The van der Waals surface area contributed by atoms with E-state index < -0.39 is 0 Å². The lowest BCUT2D eigenvalue weighted by Crippen LogP contribution is -2.16. The Bertz CT molecular complexity index is 552. The van der Waals surface area contributed by atoms with Crippen molar-refractivity contribution in [1.29, 1.82) is 0 Å². The average Bonchev–Trinajstić information content (AvgIpc) is 2.89. The van der Waals surface area contributed by atoms with Crippen molar-refractivity contribution in [3.63, 3.8) is 0 Å². The van der Waals surface area contributed by atoms with Crippen LogP contribution in [0.3, 0.4) is 0 Å². The van der Waals surface area contributed by atoms with Crippen LogP contribution in [0.4, 0.5) is 0 Å². The highest BCUT2D eigenvalue weighted by atomic mass is 16.5. The predicted octanol–water partition coefficient (Wildman–Crippen LogP) is 1.77. The molecule has 5 nitrogen and oxygen atoms in total. The molecule has 0 atom stereocenters. The quantitative estimate of drug-likeness (QED) is 0.782. The molecule has 0 aliphatic rings. The topological polar surface area (TPSA) is 48.3 Å². The number of methoxy groups -OCH3 is 2. The van der Waals surface area contributed by atoms with Gasteiger partial charge in [-0.25, -0.2) is 0 Å². The summed E-state index contributed by atoms with van der Waals surface area (Å²) in [5.41, 5.74) is 2.42. The van der Waals surface area contributed by atoms with Crippen LogP contribution in [0.2, 0.25) is 0 Å². The molecule has 2 rings (SSSR count). The van der Waals surface area contributed by atoms with Crippen molar-refractivity contribution in [3.05, 3.63) is 41.7 Å². The smallest absolute Gasteiger partial charge is 0.161 e. The summed E-state index contributed by atoms with van der Waals surface area (Å²) in [6, 6.07) is 5.96. The summed E-state index contributed by atoms with van der Waals surface area (Å²) >= 11 is 0. The van der Waals surface area contributed by atoms with Gasteiger partial charge in [0.05, 0.1) is 20.4 Å². The van der Waals surface area contributed by atoms with Gasteiger partial charge in [0, 0.05) is 19.8 Å². The van der Waals surface area contributed by atoms with E-state index in [0.717, 1.165) is 31.0 Å². The minimum absolute atomic E-state index is 0.756. The van der Waals surface area contributed by atoms with Crippen molar-refractivity contribution >= 4 is 0 Å². The molecule has 1 aromatic heterocycles. The SMILES string of the molecule is COc1ccc(CNCCc2cnn(C)c2)cc1OC. The Balaban J connectivity index is 1.82. The number of nitrogens with zero attached hydrogens (tertiary/aromatic N) is 2. The van der Waals surface area contributed by atoms with Crippen LogP contribution in [-0.2, 0) is 20.0 Å². The van der Waals surface area contributed by atoms with Gasteiger partial charge in [0.1, 0.15) is 0 Å². The predicted molar refractivity (Wildman–Crippen MR) is 78.2 cm³/mol. The highest BCUT2D eigenvalue weighted by Gasteiger charge is 2.04. The van der Waals surface area contributed by atoms with Crippen molar-refractivity contribution in [1.82, 2.24) is 15.1 Å². The molecule has 0 spiro atoms. The van der Waals surface area contributed by atoms with E-state index in [1.807, 2.05) is 42.3 Å². The highest BCUT2D eigenvalue weighted by molar-refractivity contribution is 5.42. The van der Waals surface area contributed by atoms with Gasteiger partial charge in [0.25, 0.3) is 0 Å². The van der Waals surface area contributed by atoms with Gasteiger partial charge in [-0.15, -0.1) is 0 Å². The number of aromatic nitrogens is 2. The van der Waals surface area contributed by atoms with Gasteiger partial charge in [0.15, 0.2) is 11.5 Å². The fraction of sp³-hybridized carbons (Fsp3) is 0.400. The summed E-state index contributed by atoms with van der Waals surface area (Å²) in [5.74, 6) is 1.52. The first-order chi connectivity index (χ1) is 9.72. The highest BCUT2D eigenvalue weighted by Crippen LogP contribution is 2.27. The molecule has 0 bridgehead atoms. The molecule has 0 radical (unpaired) electrons. The largest absolute Gasteiger partial charge is 0.493 e. The Morgan fingerprint density at radius 1 is 1.15 bits per heavy atom. The van der Waals surface area contributed by atoms with Gasteiger partial charge in [-0.2, -0.15) is 5.10 Å². The second kappa shape index (κ2) is 6.96. The summed E-state index contributed by atoms with van der Waals surface area (Å²) in [7, 11) is 5.22. The zero-order valence-electron chi connectivity index (χ0n) is 12.2. The minimum atomic E-state index is 0.756. The number of hydrogen-bond donors (Lipinski definition) is 1. The number of benzene rings is 1. The third kappa shape index (κ3) is 3.74. The van der Waals surface area contributed by atoms with Crippen LogP contribution in [-0.4, -0.2) is 30.5 Å². The Morgan fingerprint density at radius 2 is 1.95 bits per heavy atom. The van der Waals surface area contributed by atoms with Crippen LogP contribution in [0.25, 0.3) is 0 Å². The van der Waals surface area contributed by atoms with Crippen molar-refractivity contribution in [2.24, 2.45) is 7.05 Å². The molecule has 0 aliphatic carbocycles. The molecular weight excluding hydrogens is 254 g/mol. The lowest BCUT2D eigenvalue weighted by atomic mass is 10.2. The van der Waals surface area contributed by atoms with Gasteiger partial charge < -0.3 is 14.8 Å². The molecule has 0 aliphatic heterocycles. The fourth-order valence-corrected chi connectivity index (χ4v) is 2.06. The molecule has 2 aromatic rings. The molecule has 0 saturated carbocycles. The first-order valence-electron chi connectivity index (χ1n) is 6.62. The van der Waals surface area contributed by atoms with Gasteiger partial charge in [-0.3, -0.25) is 4.68 Å². The maximum Gasteiger partial charge on any atom is 0.161 e. The van der Waals surface area contributed by atoms with Gasteiger partial charge in [0.2, 0.25) is 0 Å². The van der Waals surface area contributed by atoms with E-state index in [0.29, 0.717) is 0 Å². The van der Waals surface area contributed by atoms with Gasteiger partial charge in [-0.1, -0.05) is 6.07 Å². The van der Waals surface area contributed by atoms with Crippen molar-refractivity contribution < 1.29 is 9.47 Å². The standard InChI is InChI=1S/C15H21N3O2/c1-18-11-13(10-17-18)6-7-16-9-12-4-5-14(19-2)15(8-12)20-3/h4-5,8,10-11,16H,6-7,9H2,1-3H3. The summed E-state index contributed by atoms with van der Waals surface area (Å²) in [4.78, 5) is 0. The first-order valence-corrected chi connectivity index (χ1v) is 6.62. The van der Waals surface area contributed by atoms with E-state index in [4.69, 9.17) is 9.47 Å². The lowest BCUT2D eigenvalue weighted by Gasteiger charge is -2.10. The van der Waals surface area contributed by atoms with Crippen LogP contribution >= 0.6 is 0 Å². The lowest BCUT2D eigenvalue weighted by molar-refractivity contribution is 0.354. The van der Waals surface area contributed by atoms with Crippen LogP contribution in [0, 0.1) is 0 Å². The fourth-order valence-electron chi connectivity index (χ4n) is 2.06. The third-order valence-electron chi connectivity index (χ3n) is 3.13. The monoisotopic (exact) mass is 275 g/mol. The molecule has 1 N–H and O–H groups in total. The number of aryl methyl sites for hydroxylation is 1. The molecule has 1 aromatic carbocycles. The van der Waals surface area contributed by atoms with Crippen molar-refractivity contribution in [2.45, 2.75) is 13.0 Å². The summed E-state index contributed by atoms with van der Waals surface area (Å²) < 4.78 is 12.3. The molecule has 0 saturated heterocycles. The molecular formula is C15H21N3O2. The van der Waals surface area contributed by atoms with Crippen molar-refractivity contribution in [3.8, 4) is 11.5 Å². The van der Waals surface area contributed by atoms with Gasteiger partial charge >= 0.3 is 0 Å². The maximum absolute atomic E-state index is 5.29. The van der Waals surface area contributed by atoms with Crippen LogP contribution < -0.4 is 14.8 Å². The molecule has 20 heavy (non-hydrogen) atoms. The minimum Gasteiger partial charge on any atom is -0.493 e. The summed E-state index contributed by atoms with van der Waals surface area (Å²) in [6.45, 7) is 1.72. The zero-order valence-corrected chi connectivity index (χ0v) is 12.2. The number of rotatable bonds is 7. The van der Waals surface area contributed by atoms with E-state index in [1.165, 1.54) is 11.1 Å². The zero-order chi connectivity index (χ0) is 14.4. The summed E-state index contributed by atoms with van der Waals surface area (Å²) in [5, 5.41) is 7.57. The molecule has 0 amide bonds. The van der Waals surface area contributed by atoms with E-state index in [9.17, 15) is 0 Å². The van der Waals surface area contributed by atoms with Crippen LogP contribution in [0.5, 0.6) is 11.5 Å². The van der Waals surface area contributed by atoms with E-state index in [1.54, 1.807) is 14.2 Å². The van der Waals surface area contributed by atoms with E-state index in [2.05, 4.69) is 10.4 Å². The Kier molecular flexibility index (Phi) is 5.01. The molecule has 108 valence electrons. The molecule has 5 heteroatoms. The number of nitrogens with one attached hydrogen (secondary N) is 1. The van der Waals surface area contributed by atoms with Crippen LogP contribution in [0.1, 0.15) is 11.1 Å². The first kappa shape index (κ1) is 14.4. The average molecular weight is 275 g/mol. The van der Waals surface area contributed by atoms with Crippen molar-refractivity contribution in [2.75, 3.05) is 20.8 Å². The molecule has 0 fully saturated rings.